The molecule has 0 bridgehead atoms. The summed E-state index contributed by atoms with van der Waals surface area (Å²) in [6.07, 6.45) is 1.55. The van der Waals surface area contributed by atoms with E-state index in [1.54, 1.807) is 24.3 Å². The van der Waals surface area contributed by atoms with Crippen LogP contribution in [0.1, 0.15) is 23.2 Å². The van der Waals surface area contributed by atoms with Crippen molar-refractivity contribution in [3.63, 3.8) is 0 Å². The van der Waals surface area contributed by atoms with Crippen LogP contribution in [0.25, 0.3) is 10.9 Å². The third-order valence-electron chi connectivity index (χ3n) is 5.63. The molecule has 1 atom stereocenters. The van der Waals surface area contributed by atoms with Gasteiger partial charge < -0.3 is 9.72 Å². The molecule has 4 aromatic rings. The average Bonchev–Trinajstić information content (AvgIpc) is 3.13. The van der Waals surface area contributed by atoms with Gasteiger partial charge in [0.2, 0.25) is 0 Å². The number of nitrogens with one attached hydrogen (secondary N) is 1. The van der Waals surface area contributed by atoms with Crippen LogP contribution < -0.4 is 4.74 Å². The molecule has 1 aliphatic rings. The number of hydrogen-bond acceptors (Lipinski definition) is 4. The van der Waals surface area contributed by atoms with E-state index in [2.05, 4.69) is 4.98 Å². The van der Waals surface area contributed by atoms with Crippen LogP contribution in [0.4, 0.5) is 0 Å². The first-order valence-electron chi connectivity index (χ1n) is 10.5. The average molecular weight is 468 g/mol. The summed E-state index contributed by atoms with van der Waals surface area (Å²) >= 11 is 5.95. The maximum absolute atomic E-state index is 12.6. The van der Waals surface area contributed by atoms with Crippen molar-refractivity contribution in [2.45, 2.75) is 31.1 Å². The van der Waals surface area contributed by atoms with Crippen LogP contribution in [0.3, 0.4) is 0 Å². The van der Waals surface area contributed by atoms with E-state index in [4.69, 9.17) is 20.5 Å². The summed E-state index contributed by atoms with van der Waals surface area (Å²) in [7, 11) is -3.67. The fourth-order valence-corrected chi connectivity index (χ4v) is 5.54. The molecule has 5 rings (SSSR count). The molecule has 1 heterocycles. The number of rotatable bonds is 6. The number of ether oxygens (including phenoxy) is 1. The molecule has 32 heavy (non-hydrogen) atoms. The predicted octanol–water partition coefficient (Wildman–Crippen LogP) is 6.02. The highest BCUT2D eigenvalue weighted by molar-refractivity contribution is 7.85. The molecule has 1 unspecified atom stereocenters. The molecule has 0 radical (unpaired) electrons. The Kier molecular flexibility index (Phi) is 5.67. The number of benzene rings is 3. The van der Waals surface area contributed by atoms with Crippen molar-refractivity contribution in [3.8, 4) is 11.5 Å². The number of aromatic nitrogens is 1. The van der Waals surface area contributed by atoms with E-state index in [0.717, 1.165) is 34.1 Å². The summed E-state index contributed by atoms with van der Waals surface area (Å²) in [6.45, 7) is 0. The van der Waals surface area contributed by atoms with Crippen molar-refractivity contribution in [2.24, 2.45) is 0 Å². The molecule has 1 aromatic heterocycles. The molecule has 0 saturated heterocycles. The highest BCUT2D eigenvalue weighted by Gasteiger charge is 2.27. The maximum atomic E-state index is 12.6. The Hall–Kier alpha value is -2.80. The Morgan fingerprint density at radius 2 is 1.72 bits per heavy atom. The SMILES string of the molecule is O=S(=O)(Cc1ccccc1)OC1CCc2[nH]c3ccc(Oc4ccc(Cl)cc4)cc3c2C1. The largest absolute Gasteiger partial charge is 0.457 e. The van der Waals surface area contributed by atoms with E-state index >= 15 is 0 Å². The molecule has 7 heteroatoms. The lowest BCUT2D eigenvalue weighted by molar-refractivity contribution is 0.192. The summed E-state index contributed by atoms with van der Waals surface area (Å²) in [5.41, 5.74) is 3.95. The molecular weight excluding hydrogens is 446 g/mol. The zero-order valence-electron chi connectivity index (χ0n) is 17.3. The Morgan fingerprint density at radius 3 is 2.50 bits per heavy atom. The van der Waals surface area contributed by atoms with Crippen LogP contribution in [0, 0.1) is 0 Å². The minimum absolute atomic E-state index is 0.121. The van der Waals surface area contributed by atoms with Gasteiger partial charge in [-0.15, -0.1) is 0 Å². The fourth-order valence-electron chi connectivity index (χ4n) is 4.17. The van der Waals surface area contributed by atoms with Crippen molar-refractivity contribution in [2.75, 3.05) is 0 Å². The Labute approximate surface area is 192 Å². The first-order chi connectivity index (χ1) is 15.4. The van der Waals surface area contributed by atoms with E-state index in [0.29, 0.717) is 29.4 Å². The summed E-state index contributed by atoms with van der Waals surface area (Å²) in [5, 5.41) is 1.68. The van der Waals surface area contributed by atoms with Crippen molar-refractivity contribution in [3.05, 3.63) is 94.6 Å². The van der Waals surface area contributed by atoms with Crippen molar-refractivity contribution in [1.82, 2.24) is 4.98 Å². The fraction of sp³-hybridized carbons (Fsp3) is 0.200. The second kappa shape index (κ2) is 8.62. The van der Waals surface area contributed by atoms with Crippen LogP contribution in [-0.4, -0.2) is 19.5 Å². The summed E-state index contributed by atoms with van der Waals surface area (Å²) in [5.74, 6) is 1.29. The topological polar surface area (TPSA) is 68.4 Å². The van der Waals surface area contributed by atoms with Gasteiger partial charge in [0, 0.05) is 28.0 Å². The van der Waals surface area contributed by atoms with E-state index < -0.39 is 10.1 Å². The second-order valence-electron chi connectivity index (χ2n) is 7.99. The lowest BCUT2D eigenvalue weighted by atomic mass is 9.93. The smallest absolute Gasteiger partial charge is 0.271 e. The molecule has 1 N–H and O–H groups in total. The van der Waals surface area contributed by atoms with E-state index in [1.807, 2.05) is 48.5 Å². The van der Waals surface area contributed by atoms with Crippen molar-refractivity contribution >= 4 is 32.6 Å². The molecule has 3 aromatic carbocycles. The minimum Gasteiger partial charge on any atom is -0.457 e. The van der Waals surface area contributed by atoms with Gasteiger partial charge in [-0.25, -0.2) is 0 Å². The van der Waals surface area contributed by atoms with Gasteiger partial charge in [0.05, 0.1) is 6.10 Å². The normalized spacial score (nSPS) is 16.1. The van der Waals surface area contributed by atoms with E-state index in [-0.39, 0.29) is 11.9 Å². The van der Waals surface area contributed by atoms with Gasteiger partial charge >= 0.3 is 0 Å². The van der Waals surface area contributed by atoms with Crippen molar-refractivity contribution < 1.29 is 17.3 Å². The monoisotopic (exact) mass is 467 g/mol. The number of fused-ring (bicyclic) bond motifs is 3. The van der Waals surface area contributed by atoms with Gasteiger partial charge in [-0.1, -0.05) is 41.9 Å². The Morgan fingerprint density at radius 1 is 0.969 bits per heavy atom. The first kappa shape index (κ1) is 21.1. The molecule has 0 amide bonds. The zero-order valence-corrected chi connectivity index (χ0v) is 18.8. The zero-order chi connectivity index (χ0) is 22.1. The van der Waals surface area contributed by atoms with Gasteiger partial charge in [0.25, 0.3) is 10.1 Å². The predicted molar refractivity (Wildman–Crippen MR) is 126 cm³/mol. The van der Waals surface area contributed by atoms with Crippen LogP contribution in [0.2, 0.25) is 5.02 Å². The Balaban J connectivity index is 1.35. The lowest BCUT2D eigenvalue weighted by Crippen LogP contribution is -2.26. The summed E-state index contributed by atoms with van der Waals surface area (Å²) in [4.78, 5) is 3.46. The number of hydrogen-bond donors (Lipinski definition) is 1. The molecule has 164 valence electrons. The second-order valence-corrected chi connectivity index (χ2v) is 10.0. The molecule has 5 nitrogen and oxygen atoms in total. The Bertz CT molecular complexity index is 1350. The van der Waals surface area contributed by atoms with Gasteiger partial charge in [-0.2, -0.15) is 8.42 Å². The van der Waals surface area contributed by atoms with E-state index in [1.165, 1.54) is 0 Å². The minimum atomic E-state index is -3.67. The van der Waals surface area contributed by atoms with E-state index in [9.17, 15) is 8.42 Å². The van der Waals surface area contributed by atoms with Crippen LogP contribution in [-0.2, 0) is 32.9 Å². The number of halogens is 1. The molecule has 0 saturated carbocycles. The quantitative estimate of drug-likeness (QED) is 0.352. The van der Waals surface area contributed by atoms with Crippen LogP contribution in [0.5, 0.6) is 11.5 Å². The third-order valence-corrected chi connectivity index (χ3v) is 7.14. The summed E-state index contributed by atoms with van der Waals surface area (Å²) in [6, 6.07) is 22.2. The van der Waals surface area contributed by atoms with Crippen LogP contribution >= 0.6 is 11.6 Å². The molecule has 1 aliphatic carbocycles. The van der Waals surface area contributed by atoms with Gasteiger partial charge in [-0.05, 0) is 66.4 Å². The maximum Gasteiger partial charge on any atom is 0.271 e. The van der Waals surface area contributed by atoms with Gasteiger partial charge in [-0.3, -0.25) is 4.18 Å². The van der Waals surface area contributed by atoms with Gasteiger partial charge in [0.1, 0.15) is 17.3 Å². The number of H-pyrrole nitrogens is 1. The standard InChI is InChI=1S/C25H22ClNO4S/c26-18-6-8-19(9-7-18)30-20-10-12-24-22(14-20)23-15-21(11-13-25(23)27-24)31-32(28,29)16-17-4-2-1-3-5-17/h1-10,12,14,21,27H,11,13,15-16H2. The highest BCUT2D eigenvalue weighted by atomic mass is 35.5. The lowest BCUT2D eigenvalue weighted by Gasteiger charge is -2.22. The molecular formula is C25H22ClNO4S. The number of aromatic amines is 1. The molecule has 0 fully saturated rings. The summed E-state index contributed by atoms with van der Waals surface area (Å²) < 4.78 is 36.8. The highest BCUT2D eigenvalue weighted by Crippen LogP contribution is 2.34. The molecule has 0 aliphatic heterocycles. The van der Waals surface area contributed by atoms with Gasteiger partial charge in [0.15, 0.2) is 0 Å². The number of aryl methyl sites for hydroxylation is 1. The van der Waals surface area contributed by atoms with Crippen LogP contribution in [0.15, 0.2) is 72.8 Å². The molecule has 0 spiro atoms. The third kappa shape index (κ3) is 4.67. The first-order valence-corrected chi connectivity index (χ1v) is 12.4. The van der Waals surface area contributed by atoms with Crippen molar-refractivity contribution in [1.29, 1.82) is 0 Å².